The Labute approximate surface area is 203 Å². The van der Waals surface area contributed by atoms with Crippen molar-refractivity contribution in [3.63, 3.8) is 0 Å². The molecule has 178 valence electrons. The Hall–Kier alpha value is -3.02. The van der Waals surface area contributed by atoms with Gasteiger partial charge in [-0.2, -0.15) is 0 Å². The molecular formula is C29H35N3O2. The number of hydrogen-bond acceptors (Lipinski definition) is 4. The second-order valence-electron chi connectivity index (χ2n) is 9.04. The molecule has 0 N–H and O–H groups in total. The molecular weight excluding hydrogens is 422 g/mol. The van der Waals surface area contributed by atoms with Gasteiger partial charge in [-0.25, -0.2) is 0 Å². The molecule has 0 aliphatic carbocycles. The van der Waals surface area contributed by atoms with Gasteiger partial charge in [0.25, 0.3) is 0 Å². The van der Waals surface area contributed by atoms with Crippen LogP contribution in [-0.2, 0) is 16.1 Å². The van der Waals surface area contributed by atoms with Gasteiger partial charge in [-0.3, -0.25) is 9.78 Å². The second kappa shape index (κ2) is 12.4. The van der Waals surface area contributed by atoms with E-state index < -0.39 is 0 Å². The van der Waals surface area contributed by atoms with Crippen LogP contribution in [0.15, 0.2) is 79.1 Å². The topological polar surface area (TPSA) is 45.7 Å². The van der Waals surface area contributed by atoms with Crippen LogP contribution in [0.3, 0.4) is 0 Å². The number of hydrogen-bond donors (Lipinski definition) is 0. The third-order valence-electron chi connectivity index (χ3n) is 6.65. The van der Waals surface area contributed by atoms with E-state index in [1.54, 1.807) is 17.3 Å². The highest BCUT2D eigenvalue weighted by molar-refractivity contribution is 5.75. The number of carbonyl (C=O) groups is 1. The minimum absolute atomic E-state index is 0.0988. The van der Waals surface area contributed by atoms with Gasteiger partial charge in [-0.1, -0.05) is 60.7 Å². The predicted molar refractivity (Wildman–Crippen MR) is 136 cm³/mol. The summed E-state index contributed by atoms with van der Waals surface area (Å²) in [6.07, 6.45) is 6.28. The van der Waals surface area contributed by atoms with Gasteiger partial charge in [0.1, 0.15) is 0 Å². The van der Waals surface area contributed by atoms with E-state index in [9.17, 15) is 4.79 Å². The Morgan fingerprint density at radius 3 is 2.53 bits per heavy atom. The molecule has 4 rings (SSSR count). The first-order valence-electron chi connectivity index (χ1n) is 12.3. The normalized spacial score (nSPS) is 14.7. The predicted octanol–water partition coefficient (Wildman–Crippen LogP) is 4.99. The maximum absolute atomic E-state index is 12.3. The number of amides is 1. The number of aromatic nitrogens is 1. The fraction of sp³-hybridized carbons (Fsp3) is 0.379. The molecule has 2 heterocycles. The van der Waals surface area contributed by atoms with Crippen LogP contribution in [0.25, 0.3) is 11.1 Å². The molecule has 1 aliphatic rings. The van der Waals surface area contributed by atoms with Crippen LogP contribution >= 0.6 is 0 Å². The van der Waals surface area contributed by atoms with Gasteiger partial charge in [-0.05, 0) is 60.2 Å². The molecule has 2 aromatic carbocycles. The summed E-state index contributed by atoms with van der Waals surface area (Å²) in [6.45, 7) is 4.82. The number of nitrogens with zero attached hydrogens (tertiary/aromatic N) is 3. The molecule has 1 aromatic heterocycles. The zero-order chi connectivity index (χ0) is 23.6. The maximum Gasteiger partial charge on any atom is 0.224 e. The smallest absolute Gasteiger partial charge is 0.224 e. The van der Waals surface area contributed by atoms with Gasteiger partial charge in [0, 0.05) is 32.5 Å². The lowest BCUT2D eigenvalue weighted by molar-refractivity contribution is -0.131. The van der Waals surface area contributed by atoms with Crippen molar-refractivity contribution in [2.45, 2.75) is 31.7 Å². The minimum atomic E-state index is 0.0988. The number of piperidine rings is 1. The summed E-state index contributed by atoms with van der Waals surface area (Å²) in [6, 6.07) is 23.4. The zero-order valence-electron chi connectivity index (χ0n) is 20.1. The molecule has 0 atom stereocenters. The molecule has 0 bridgehead atoms. The molecule has 3 aromatic rings. The van der Waals surface area contributed by atoms with E-state index in [-0.39, 0.29) is 5.91 Å². The van der Waals surface area contributed by atoms with Crippen molar-refractivity contribution in [3.05, 3.63) is 90.3 Å². The van der Waals surface area contributed by atoms with E-state index in [0.29, 0.717) is 32.1 Å². The number of ether oxygens (including phenoxy) is 1. The number of pyridine rings is 1. The second-order valence-corrected chi connectivity index (χ2v) is 9.04. The van der Waals surface area contributed by atoms with Gasteiger partial charge in [-0.15, -0.1) is 0 Å². The quantitative estimate of drug-likeness (QED) is 0.402. The Balaban J connectivity index is 1.15. The average Bonchev–Trinajstić information content (AvgIpc) is 2.90. The van der Waals surface area contributed by atoms with Gasteiger partial charge >= 0.3 is 0 Å². The fourth-order valence-electron chi connectivity index (χ4n) is 4.70. The van der Waals surface area contributed by atoms with Crippen LogP contribution in [0.1, 0.15) is 36.3 Å². The number of carbonyl (C=O) groups excluding carboxylic acids is 1. The lowest BCUT2D eigenvalue weighted by atomic mass is 9.84. The molecule has 0 spiro atoms. The fourth-order valence-corrected chi connectivity index (χ4v) is 4.70. The Bertz CT molecular complexity index is 1020. The summed E-state index contributed by atoms with van der Waals surface area (Å²) in [5, 5.41) is 0. The molecule has 1 aliphatic heterocycles. The SMILES string of the molecule is CN(Cc1cccnc1)C(=O)CCOCCN1CCC(c2ccccc2-c2ccccc2)CC1. The van der Waals surface area contributed by atoms with Crippen molar-refractivity contribution in [3.8, 4) is 11.1 Å². The highest BCUT2D eigenvalue weighted by Crippen LogP contribution is 2.35. The molecule has 0 unspecified atom stereocenters. The average molecular weight is 458 g/mol. The summed E-state index contributed by atoms with van der Waals surface area (Å²) in [5.74, 6) is 0.697. The molecule has 1 saturated heterocycles. The Morgan fingerprint density at radius 1 is 1.00 bits per heavy atom. The minimum Gasteiger partial charge on any atom is -0.380 e. The Morgan fingerprint density at radius 2 is 1.76 bits per heavy atom. The zero-order valence-corrected chi connectivity index (χ0v) is 20.1. The molecule has 1 fully saturated rings. The number of likely N-dealkylation sites (tertiary alicyclic amines) is 1. The monoisotopic (exact) mass is 457 g/mol. The van der Waals surface area contributed by atoms with Gasteiger partial charge < -0.3 is 14.5 Å². The molecule has 34 heavy (non-hydrogen) atoms. The van der Waals surface area contributed by atoms with E-state index in [0.717, 1.165) is 25.2 Å². The third-order valence-corrected chi connectivity index (χ3v) is 6.65. The summed E-state index contributed by atoms with van der Waals surface area (Å²) in [4.78, 5) is 20.6. The van der Waals surface area contributed by atoms with Gasteiger partial charge in [0.2, 0.25) is 5.91 Å². The van der Waals surface area contributed by atoms with Crippen molar-refractivity contribution in [2.75, 3.05) is 39.9 Å². The van der Waals surface area contributed by atoms with Crippen molar-refractivity contribution >= 4 is 5.91 Å². The van der Waals surface area contributed by atoms with Gasteiger partial charge in [0.15, 0.2) is 0 Å². The number of rotatable bonds is 10. The molecule has 0 saturated carbocycles. The third kappa shape index (κ3) is 6.75. The Kier molecular flexibility index (Phi) is 8.83. The maximum atomic E-state index is 12.3. The van der Waals surface area contributed by atoms with Crippen LogP contribution in [0.4, 0.5) is 0 Å². The van der Waals surface area contributed by atoms with Crippen molar-refractivity contribution in [2.24, 2.45) is 0 Å². The first-order valence-corrected chi connectivity index (χ1v) is 12.3. The molecule has 5 heteroatoms. The summed E-state index contributed by atoms with van der Waals surface area (Å²) >= 11 is 0. The number of benzene rings is 2. The van der Waals surface area contributed by atoms with Crippen LogP contribution in [0.2, 0.25) is 0 Å². The molecule has 1 amide bonds. The summed E-state index contributed by atoms with van der Waals surface area (Å²) in [7, 11) is 1.83. The molecule has 5 nitrogen and oxygen atoms in total. The van der Waals surface area contributed by atoms with Crippen molar-refractivity contribution in [1.82, 2.24) is 14.8 Å². The van der Waals surface area contributed by atoms with E-state index in [4.69, 9.17) is 4.74 Å². The van der Waals surface area contributed by atoms with Crippen LogP contribution < -0.4 is 0 Å². The lowest BCUT2D eigenvalue weighted by Crippen LogP contribution is -2.35. The van der Waals surface area contributed by atoms with Crippen LogP contribution in [0.5, 0.6) is 0 Å². The summed E-state index contributed by atoms with van der Waals surface area (Å²) in [5.41, 5.74) is 5.17. The van der Waals surface area contributed by atoms with E-state index >= 15 is 0 Å². The first kappa shape index (κ1) is 24.1. The summed E-state index contributed by atoms with van der Waals surface area (Å²) < 4.78 is 5.79. The van der Waals surface area contributed by atoms with E-state index in [1.807, 2.05) is 19.2 Å². The molecule has 0 radical (unpaired) electrons. The van der Waals surface area contributed by atoms with Crippen molar-refractivity contribution in [1.29, 1.82) is 0 Å². The highest BCUT2D eigenvalue weighted by atomic mass is 16.5. The first-order chi connectivity index (χ1) is 16.7. The van der Waals surface area contributed by atoms with Crippen molar-refractivity contribution < 1.29 is 9.53 Å². The van der Waals surface area contributed by atoms with E-state index in [2.05, 4.69) is 64.5 Å². The lowest BCUT2D eigenvalue weighted by Gasteiger charge is -2.33. The standard InChI is InChI=1S/C29H35N3O2/c1-31(23-24-8-7-16-30-22-24)29(33)15-20-34-21-19-32-17-13-26(14-18-32)28-12-6-5-11-27(28)25-9-3-2-4-10-25/h2-12,16,22,26H,13-15,17-21,23H2,1H3. The van der Waals surface area contributed by atoms with Crippen LogP contribution in [-0.4, -0.2) is 60.6 Å². The van der Waals surface area contributed by atoms with E-state index in [1.165, 1.54) is 29.5 Å². The highest BCUT2D eigenvalue weighted by Gasteiger charge is 2.22. The van der Waals surface area contributed by atoms with Gasteiger partial charge in [0.05, 0.1) is 19.6 Å². The largest absolute Gasteiger partial charge is 0.380 e. The van der Waals surface area contributed by atoms with Crippen LogP contribution in [0, 0.1) is 0 Å².